The first-order chi connectivity index (χ1) is 10.0. The first-order valence-electron chi connectivity index (χ1n) is 7.54. The zero-order valence-electron chi connectivity index (χ0n) is 13.1. The maximum absolute atomic E-state index is 12.6. The summed E-state index contributed by atoms with van der Waals surface area (Å²) in [6.07, 6.45) is 5.58. The number of amides is 1. The molecule has 0 spiro atoms. The van der Waals surface area contributed by atoms with Crippen molar-refractivity contribution in [3.8, 4) is 0 Å². The first kappa shape index (κ1) is 15.8. The van der Waals surface area contributed by atoms with Gasteiger partial charge in [-0.2, -0.15) is 0 Å². The smallest absolute Gasteiger partial charge is 0.272 e. The summed E-state index contributed by atoms with van der Waals surface area (Å²) < 4.78 is 0. The molecule has 0 aliphatic heterocycles. The number of hydrogen-bond acceptors (Lipinski definition) is 4. The number of aromatic nitrogens is 1. The largest absolute Gasteiger partial charge is 0.396 e. The molecule has 5 heteroatoms. The number of rotatable bonds is 4. The Bertz CT molecular complexity index is 482. The SMILES string of the molecule is CN(C)c1ccnc(C(=O)N(C)C2CCC(CO)CC2)c1. The predicted octanol–water partition coefficient (Wildman–Crippen LogP) is 1.77. The molecule has 1 aliphatic carbocycles. The van der Waals surface area contributed by atoms with Gasteiger partial charge in [0.05, 0.1) is 0 Å². The number of carbonyl (C=O) groups excluding carboxylic acids is 1. The third-order valence-corrected chi connectivity index (χ3v) is 4.42. The fraction of sp³-hybridized carbons (Fsp3) is 0.625. The van der Waals surface area contributed by atoms with Gasteiger partial charge in [0.1, 0.15) is 5.69 Å². The van der Waals surface area contributed by atoms with Crippen LogP contribution in [0.25, 0.3) is 0 Å². The van der Waals surface area contributed by atoms with E-state index in [0.717, 1.165) is 31.4 Å². The molecule has 1 fully saturated rings. The molecule has 1 amide bonds. The summed E-state index contributed by atoms with van der Waals surface area (Å²) in [7, 11) is 5.75. The standard InChI is InChI=1S/C16H25N3O2/c1-18(2)14-8-9-17-15(10-14)16(21)19(3)13-6-4-12(11-20)5-7-13/h8-10,12-13,20H,4-7,11H2,1-3H3. The van der Waals surface area contributed by atoms with E-state index in [1.165, 1.54) is 0 Å². The summed E-state index contributed by atoms with van der Waals surface area (Å²) in [6, 6.07) is 3.98. The van der Waals surface area contributed by atoms with E-state index in [0.29, 0.717) is 11.6 Å². The third-order valence-electron chi connectivity index (χ3n) is 4.42. The van der Waals surface area contributed by atoms with E-state index in [9.17, 15) is 9.90 Å². The molecule has 0 saturated heterocycles. The third kappa shape index (κ3) is 3.73. The molecule has 21 heavy (non-hydrogen) atoms. The Hall–Kier alpha value is -1.62. The number of nitrogens with zero attached hydrogens (tertiary/aromatic N) is 3. The average molecular weight is 291 g/mol. The molecule has 1 saturated carbocycles. The predicted molar refractivity (Wildman–Crippen MR) is 83.5 cm³/mol. The number of carbonyl (C=O) groups is 1. The van der Waals surface area contributed by atoms with Crippen LogP contribution in [0.4, 0.5) is 5.69 Å². The van der Waals surface area contributed by atoms with E-state index >= 15 is 0 Å². The number of anilines is 1. The lowest BCUT2D eigenvalue weighted by molar-refractivity contribution is 0.0647. The molecule has 0 aromatic carbocycles. The van der Waals surface area contributed by atoms with Crippen molar-refractivity contribution in [2.45, 2.75) is 31.7 Å². The lowest BCUT2D eigenvalue weighted by Gasteiger charge is -2.34. The maximum atomic E-state index is 12.6. The number of hydrogen-bond donors (Lipinski definition) is 1. The van der Waals surface area contributed by atoms with E-state index in [1.807, 2.05) is 43.1 Å². The Balaban J connectivity index is 2.04. The van der Waals surface area contributed by atoms with Gasteiger partial charge >= 0.3 is 0 Å². The summed E-state index contributed by atoms with van der Waals surface area (Å²) in [5.74, 6) is 0.381. The Labute approximate surface area is 126 Å². The maximum Gasteiger partial charge on any atom is 0.272 e. The molecular formula is C16H25N3O2. The summed E-state index contributed by atoms with van der Waals surface area (Å²) in [4.78, 5) is 20.6. The zero-order valence-corrected chi connectivity index (χ0v) is 13.1. The van der Waals surface area contributed by atoms with Crippen LogP contribution in [0.1, 0.15) is 36.2 Å². The Morgan fingerprint density at radius 3 is 2.52 bits per heavy atom. The molecule has 1 aromatic rings. The van der Waals surface area contributed by atoms with Crippen molar-refractivity contribution in [3.05, 3.63) is 24.0 Å². The molecular weight excluding hydrogens is 266 g/mol. The lowest BCUT2D eigenvalue weighted by Crippen LogP contribution is -2.40. The van der Waals surface area contributed by atoms with Gasteiger partial charge in [-0.25, -0.2) is 0 Å². The molecule has 1 aliphatic rings. The van der Waals surface area contributed by atoms with E-state index in [1.54, 1.807) is 6.20 Å². The van der Waals surface area contributed by atoms with Crippen LogP contribution in [-0.2, 0) is 0 Å². The van der Waals surface area contributed by atoms with Crippen LogP contribution >= 0.6 is 0 Å². The van der Waals surface area contributed by atoms with Gasteiger partial charge in [0, 0.05) is 45.7 Å². The topological polar surface area (TPSA) is 56.7 Å². The monoisotopic (exact) mass is 291 g/mol. The quantitative estimate of drug-likeness (QED) is 0.918. The van der Waals surface area contributed by atoms with Crippen LogP contribution in [0, 0.1) is 5.92 Å². The van der Waals surface area contributed by atoms with Gasteiger partial charge in [0.15, 0.2) is 0 Å². The highest BCUT2D eigenvalue weighted by atomic mass is 16.3. The Kier molecular flexibility index (Phi) is 5.17. The van der Waals surface area contributed by atoms with E-state index in [-0.39, 0.29) is 18.6 Å². The fourth-order valence-electron chi connectivity index (χ4n) is 2.88. The first-order valence-corrected chi connectivity index (χ1v) is 7.54. The number of aliphatic hydroxyl groups is 1. The van der Waals surface area contributed by atoms with Crippen LogP contribution in [-0.4, -0.2) is 54.7 Å². The lowest BCUT2D eigenvalue weighted by atomic mass is 9.86. The highest BCUT2D eigenvalue weighted by Gasteiger charge is 2.27. The van der Waals surface area contributed by atoms with Crippen molar-refractivity contribution in [1.82, 2.24) is 9.88 Å². The second-order valence-corrected chi connectivity index (χ2v) is 6.07. The molecule has 5 nitrogen and oxygen atoms in total. The van der Waals surface area contributed by atoms with Crippen molar-refractivity contribution in [2.24, 2.45) is 5.92 Å². The minimum absolute atomic E-state index is 0.0221. The molecule has 1 N–H and O–H groups in total. The van der Waals surface area contributed by atoms with Crippen LogP contribution in [0.3, 0.4) is 0 Å². The number of aliphatic hydroxyl groups excluding tert-OH is 1. The van der Waals surface area contributed by atoms with Crippen molar-refractivity contribution >= 4 is 11.6 Å². The van der Waals surface area contributed by atoms with Crippen molar-refractivity contribution in [3.63, 3.8) is 0 Å². The van der Waals surface area contributed by atoms with E-state index in [2.05, 4.69) is 4.98 Å². The molecule has 1 heterocycles. The molecule has 0 radical (unpaired) electrons. The van der Waals surface area contributed by atoms with Gasteiger partial charge in [0.25, 0.3) is 5.91 Å². The Morgan fingerprint density at radius 2 is 1.95 bits per heavy atom. The Morgan fingerprint density at radius 1 is 1.29 bits per heavy atom. The van der Waals surface area contributed by atoms with Crippen LogP contribution in [0.15, 0.2) is 18.3 Å². The summed E-state index contributed by atoms with van der Waals surface area (Å²) in [6.45, 7) is 0.261. The van der Waals surface area contributed by atoms with Gasteiger partial charge in [-0.15, -0.1) is 0 Å². The molecule has 0 unspecified atom stereocenters. The highest BCUT2D eigenvalue weighted by molar-refractivity contribution is 5.93. The molecule has 0 atom stereocenters. The zero-order chi connectivity index (χ0) is 15.4. The van der Waals surface area contributed by atoms with Crippen LogP contribution in [0.5, 0.6) is 0 Å². The molecule has 0 bridgehead atoms. The van der Waals surface area contributed by atoms with Gasteiger partial charge in [-0.3, -0.25) is 9.78 Å². The normalized spacial score (nSPS) is 21.9. The average Bonchev–Trinajstić information content (AvgIpc) is 2.53. The van der Waals surface area contributed by atoms with Gasteiger partial charge in [0.2, 0.25) is 0 Å². The second-order valence-electron chi connectivity index (χ2n) is 6.07. The van der Waals surface area contributed by atoms with Gasteiger partial charge < -0.3 is 14.9 Å². The van der Waals surface area contributed by atoms with E-state index in [4.69, 9.17) is 0 Å². The van der Waals surface area contributed by atoms with Gasteiger partial charge in [-0.05, 0) is 43.7 Å². The summed E-state index contributed by atoms with van der Waals surface area (Å²) in [5.41, 5.74) is 1.47. The fourth-order valence-corrected chi connectivity index (χ4v) is 2.88. The number of pyridine rings is 1. The summed E-state index contributed by atoms with van der Waals surface area (Å²) in [5, 5.41) is 9.19. The van der Waals surface area contributed by atoms with Crippen molar-refractivity contribution < 1.29 is 9.90 Å². The van der Waals surface area contributed by atoms with Crippen molar-refractivity contribution in [1.29, 1.82) is 0 Å². The van der Waals surface area contributed by atoms with Crippen molar-refractivity contribution in [2.75, 3.05) is 32.6 Å². The van der Waals surface area contributed by atoms with Crippen LogP contribution < -0.4 is 4.90 Å². The van der Waals surface area contributed by atoms with E-state index < -0.39 is 0 Å². The molecule has 1 aromatic heterocycles. The molecule has 2 rings (SSSR count). The van der Waals surface area contributed by atoms with Gasteiger partial charge in [-0.1, -0.05) is 0 Å². The minimum atomic E-state index is -0.0221. The minimum Gasteiger partial charge on any atom is -0.396 e. The molecule has 116 valence electrons. The van der Waals surface area contributed by atoms with Crippen LogP contribution in [0.2, 0.25) is 0 Å². The summed E-state index contributed by atoms with van der Waals surface area (Å²) >= 11 is 0. The second kappa shape index (κ2) is 6.89. The highest BCUT2D eigenvalue weighted by Crippen LogP contribution is 2.27.